The van der Waals surface area contributed by atoms with Crippen molar-refractivity contribution in [2.24, 2.45) is 0 Å². The molecule has 1 aromatic carbocycles. The average Bonchev–Trinajstić information content (AvgIpc) is 2.95. The second-order valence-corrected chi connectivity index (χ2v) is 4.65. The summed E-state index contributed by atoms with van der Waals surface area (Å²) in [6.07, 6.45) is 3.94. The summed E-state index contributed by atoms with van der Waals surface area (Å²) in [6.45, 7) is 2.31. The zero-order valence-corrected chi connectivity index (χ0v) is 11.1. The topological polar surface area (TPSA) is 54.3 Å². The second kappa shape index (κ2) is 7.65. The Morgan fingerprint density at radius 2 is 2.42 bits per heavy atom. The van der Waals surface area contributed by atoms with E-state index in [0.29, 0.717) is 19.1 Å². The van der Waals surface area contributed by atoms with Gasteiger partial charge in [0.2, 0.25) is 0 Å². The van der Waals surface area contributed by atoms with E-state index in [4.69, 9.17) is 14.7 Å². The van der Waals surface area contributed by atoms with Crippen molar-refractivity contribution in [1.82, 2.24) is 0 Å². The molecule has 1 aliphatic rings. The highest BCUT2D eigenvalue weighted by atomic mass is 16.5. The Hall–Kier alpha value is -1.73. The fourth-order valence-corrected chi connectivity index (χ4v) is 2.07. The van der Waals surface area contributed by atoms with Gasteiger partial charge in [0, 0.05) is 31.3 Å². The number of nitrogens with one attached hydrogen (secondary N) is 1. The minimum absolute atomic E-state index is 0.334. The Morgan fingerprint density at radius 1 is 1.47 bits per heavy atom. The van der Waals surface area contributed by atoms with Gasteiger partial charge < -0.3 is 14.8 Å². The van der Waals surface area contributed by atoms with Crippen LogP contribution in [0.25, 0.3) is 0 Å². The molecule has 0 amide bonds. The fourth-order valence-electron chi connectivity index (χ4n) is 2.07. The van der Waals surface area contributed by atoms with Crippen LogP contribution in [-0.2, 0) is 4.74 Å². The van der Waals surface area contributed by atoms with Gasteiger partial charge in [0.15, 0.2) is 0 Å². The molecule has 0 bridgehead atoms. The number of hydrogen-bond acceptors (Lipinski definition) is 4. The standard InChI is InChI=1S/C15H20N2O2/c16-8-1-2-9-18-14-6-3-5-13(11-14)17-12-15-7-4-10-19-15/h3,5-6,11,15,17H,1-2,4,7,9-10,12H2. The molecule has 2 rings (SSSR count). The lowest BCUT2D eigenvalue weighted by atomic mass is 10.2. The van der Waals surface area contributed by atoms with Crippen molar-refractivity contribution in [2.75, 3.05) is 25.1 Å². The summed E-state index contributed by atoms with van der Waals surface area (Å²) in [6, 6.07) is 10.0. The van der Waals surface area contributed by atoms with E-state index < -0.39 is 0 Å². The maximum atomic E-state index is 8.45. The van der Waals surface area contributed by atoms with E-state index in [-0.39, 0.29) is 0 Å². The van der Waals surface area contributed by atoms with Gasteiger partial charge in [-0.2, -0.15) is 5.26 Å². The van der Waals surface area contributed by atoms with Gasteiger partial charge in [-0.1, -0.05) is 6.07 Å². The molecule has 4 nitrogen and oxygen atoms in total. The first-order chi connectivity index (χ1) is 9.38. The number of benzene rings is 1. The smallest absolute Gasteiger partial charge is 0.121 e. The Bertz CT molecular complexity index is 422. The predicted octanol–water partition coefficient (Wildman–Crippen LogP) is 2.96. The van der Waals surface area contributed by atoms with Crippen molar-refractivity contribution in [2.45, 2.75) is 31.8 Å². The van der Waals surface area contributed by atoms with E-state index in [1.165, 1.54) is 0 Å². The van der Waals surface area contributed by atoms with Crippen LogP contribution in [0.5, 0.6) is 5.75 Å². The van der Waals surface area contributed by atoms with Crippen molar-refractivity contribution in [3.8, 4) is 11.8 Å². The summed E-state index contributed by atoms with van der Waals surface area (Å²) in [7, 11) is 0. The predicted molar refractivity (Wildman–Crippen MR) is 74.2 cm³/mol. The van der Waals surface area contributed by atoms with Crippen LogP contribution >= 0.6 is 0 Å². The first-order valence-electron chi connectivity index (χ1n) is 6.84. The van der Waals surface area contributed by atoms with Gasteiger partial charge in [-0.25, -0.2) is 0 Å². The summed E-state index contributed by atoms with van der Waals surface area (Å²) < 4.78 is 11.2. The van der Waals surface area contributed by atoms with E-state index in [1.54, 1.807) is 0 Å². The monoisotopic (exact) mass is 260 g/mol. The molecule has 1 heterocycles. The average molecular weight is 260 g/mol. The number of unbranched alkanes of at least 4 members (excludes halogenated alkanes) is 1. The third kappa shape index (κ3) is 4.80. The third-order valence-corrected chi connectivity index (χ3v) is 3.09. The molecule has 4 heteroatoms. The van der Waals surface area contributed by atoms with Crippen LogP contribution in [0.3, 0.4) is 0 Å². The first-order valence-corrected chi connectivity index (χ1v) is 6.84. The van der Waals surface area contributed by atoms with E-state index in [1.807, 2.05) is 24.3 Å². The molecule has 0 spiro atoms. The highest BCUT2D eigenvalue weighted by molar-refractivity contribution is 5.48. The van der Waals surface area contributed by atoms with Crippen LogP contribution in [0.4, 0.5) is 5.69 Å². The quantitative estimate of drug-likeness (QED) is 0.766. The lowest BCUT2D eigenvalue weighted by Gasteiger charge is -2.13. The highest BCUT2D eigenvalue weighted by Crippen LogP contribution is 2.19. The molecular weight excluding hydrogens is 240 g/mol. The van der Waals surface area contributed by atoms with Gasteiger partial charge in [0.25, 0.3) is 0 Å². The van der Waals surface area contributed by atoms with Crippen LogP contribution in [-0.4, -0.2) is 25.9 Å². The lowest BCUT2D eigenvalue weighted by Crippen LogP contribution is -2.18. The first kappa shape index (κ1) is 13.7. The fraction of sp³-hybridized carbons (Fsp3) is 0.533. The molecule has 19 heavy (non-hydrogen) atoms. The van der Waals surface area contributed by atoms with Gasteiger partial charge in [-0.3, -0.25) is 0 Å². The van der Waals surface area contributed by atoms with Crippen LogP contribution in [0, 0.1) is 11.3 Å². The molecule has 1 unspecified atom stereocenters. The molecule has 1 saturated heterocycles. The largest absolute Gasteiger partial charge is 0.493 e. The van der Waals surface area contributed by atoms with Gasteiger partial charge in [0.1, 0.15) is 5.75 Å². The van der Waals surface area contributed by atoms with Crippen LogP contribution < -0.4 is 10.1 Å². The molecule has 0 radical (unpaired) electrons. The summed E-state index contributed by atoms with van der Waals surface area (Å²) in [5.41, 5.74) is 1.05. The van der Waals surface area contributed by atoms with E-state index in [0.717, 1.165) is 43.9 Å². The van der Waals surface area contributed by atoms with Crippen molar-refractivity contribution in [3.05, 3.63) is 24.3 Å². The number of nitriles is 1. The molecule has 0 aromatic heterocycles. The Morgan fingerprint density at radius 3 is 3.21 bits per heavy atom. The summed E-state index contributed by atoms with van der Waals surface area (Å²) in [4.78, 5) is 0. The summed E-state index contributed by atoms with van der Waals surface area (Å²) in [5.74, 6) is 0.843. The molecule has 1 fully saturated rings. The third-order valence-electron chi connectivity index (χ3n) is 3.09. The zero-order chi connectivity index (χ0) is 13.3. The van der Waals surface area contributed by atoms with Gasteiger partial charge in [-0.05, 0) is 31.4 Å². The molecule has 1 atom stereocenters. The Labute approximate surface area is 114 Å². The van der Waals surface area contributed by atoms with Crippen molar-refractivity contribution < 1.29 is 9.47 Å². The normalized spacial score (nSPS) is 17.9. The Balaban J connectivity index is 1.76. The highest BCUT2D eigenvalue weighted by Gasteiger charge is 2.14. The molecule has 1 aromatic rings. The molecule has 0 saturated carbocycles. The summed E-state index contributed by atoms with van der Waals surface area (Å²) >= 11 is 0. The van der Waals surface area contributed by atoms with Crippen molar-refractivity contribution in [1.29, 1.82) is 5.26 Å². The maximum absolute atomic E-state index is 8.45. The minimum atomic E-state index is 0.334. The van der Waals surface area contributed by atoms with E-state index >= 15 is 0 Å². The zero-order valence-electron chi connectivity index (χ0n) is 11.1. The Kier molecular flexibility index (Phi) is 5.51. The number of hydrogen-bond donors (Lipinski definition) is 1. The van der Waals surface area contributed by atoms with Crippen LogP contribution in [0.1, 0.15) is 25.7 Å². The number of nitrogens with zero attached hydrogens (tertiary/aromatic N) is 1. The minimum Gasteiger partial charge on any atom is -0.493 e. The van der Waals surface area contributed by atoms with Crippen molar-refractivity contribution >= 4 is 5.69 Å². The van der Waals surface area contributed by atoms with Gasteiger partial charge in [-0.15, -0.1) is 0 Å². The summed E-state index contributed by atoms with van der Waals surface area (Å²) in [5, 5.41) is 11.8. The van der Waals surface area contributed by atoms with Gasteiger partial charge in [0.05, 0.1) is 18.8 Å². The van der Waals surface area contributed by atoms with Crippen LogP contribution in [0.2, 0.25) is 0 Å². The molecular formula is C15H20N2O2. The van der Waals surface area contributed by atoms with E-state index in [2.05, 4.69) is 11.4 Å². The number of anilines is 1. The maximum Gasteiger partial charge on any atom is 0.121 e. The lowest BCUT2D eigenvalue weighted by molar-refractivity contribution is 0.120. The van der Waals surface area contributed by atoms with Crippen molar-refractivity contribution in [3.63, 3.8) is 0 Å². The molecule has 1 aliphatic heterocycles. The van der Waals surface area contributed by atoms with Crippen LogP contribution in [0.15, 0.2) is 24.3 Å². The molecule has 102 valence electrons. The second-order valence-electron chi connectivity index (χ2n) is 4.65. The molecule has 1 N–H and O–H groups in total. The van der Waals surface area contributed by atoms with Gasteiger partial charge >= 0.3 is 0 Å². The number of rotatable bonds is 7. The SMILES string of the molecule is N#CCCCOc1cccc(NCC2CCCO2)c1. The van der Waals surface area contributed by atoms with E-state index in [9.17, 15) is 0 Å². The molecule has 0 aliphatic carbocycles. The number of ether oxygens (including phenoxy) is 2.